The topological polar surface area (TPSA) is 58.6 Å². The van der Waals surface area contributed by atoms with E-state index in [4.69, 9.17) is 9.84 Å². The number of carbonyl (C=O) groups excluding carboxylic acids is 1. The molecule has 0 aromatic heterocycles. The second-order valence-electron chi connectivity index (χ2n) is 5.66. The lowest BCUT2D eigenvalue weighted by Gasteiger charge is -2.29. The molecular weight excluding hydrogens is 266 g/mol. The second-order valence-corrected chi connectivity index (χ2v) is 5.66. The minimum atomic E-state index is -0.567. The molecule has 21 heavy (non-hydrogen) atoms. The number of hydrogen-bond donors (Lipinski definition) is 2. The fraction of sp³-hybridized carbons (Fsp3) is 0.471. The Kier molecular flexibility index (Phi) is 6.59. The van der Waals surface area contributed by atoms with Gasteiger partial charge in [-0.1, -0.05) is 29.8 Å². The lowest BCUT2D eigenvalue weighted by molar-refractivity contribution is -0.120. The molecule has 0 radical (unpaired) electrons. The number of amides is 1. The number of aliphatic hydroxyl groups excluding tert-OH is 1. The summed E-state index contributed by atoms with van der Waals surface area (Å²) in [6.45, 7) is 6.03. The van der Waals surface area contributed by atoms with Gasteiger partial charge in [-0.05, 0) is 38.8 Å². The van der Waals surface area contributed by atoms with Gasteiger partial charge in [-0.3, -0.25) is 4.79 Å². The number of carbonyl (C=O) groups is 1. The van der Waals surface area contributed by atoms with E-state index in [1.807, 2.05) is 44.2 Å². The van der Waals surface area contributed by atoms with Gasteiger partial charge < -0.3 is 15.2 Å². The summed E-state index contributed by atoms with van der Waals surface area (Å²) in [6.07, 6.45) is 2.30. The molecule has 0 aliphatic rings. The van der Waals surface area contributed by atoms with E-state index in [9.17, 15) is 4.79 Å². The van der Waals surface area contributed by atoms with Gasteiger partial charge in [0.2, 0.25) is 5.91 Å². The maximum Gasteiger partial charge on any atom is 0.247 e. The number of hydrogen-bond acceptors (Lipinski definition) is 3. The molecule has 0 heterocycles. The van der Waals surface area contributed by atoms with Gasteiger partial charge in [-0.25, -0.2) is 0 Å². The van der Waals surface area contributed by atoms with E-state index < -0.39 is 5.54 Å². The van der Waals surface area contributed by atoms with Gasteiger partial charge in [-0.15, -0.1) is 0 Å². The molecule has 1 atom stereocenters. The summed E-state index contributed by atoms with van der Waals surface area (Å²) in [4.78, 5) is 12.3. The molecule has 0 fully saturated rings. The molecule has 0 aliphatic heterocycles. The molecule has 1 amide bonds. The van der Waals surface area contributed by atoms with Gasteiger partial charge in [0.1, 0.15) is 0 Å². The van der Waals surface area contributed by atoms with Crippen molar-refractivity contribution in [2.24, 2.45) is 0 Å². The molecule has 0 aliphatic carbocycles. The Hall–Kier alpha value is -1.65. The van der Waals surface area contributed by atoms with Crippen LogP contribution in [0.1, 0.15) is 31.4 Å². The predicted octanol–water partition coefficient (Wildman–Crippen LogP) is 2.30. The third-order valence-electron chi connectivity index (χ3n) is 3.36. The summed E-state index contributed by atoms with van der Waals surface area (Å²) < 4.78 is 5.13. The first-order valence-electron chi connectivity index (χ1n) is 7.07. The molecule has 4 heteroatoms. The van der Waals surface area contributed by atoms with Crippen molar-refractivity contribution in [3.63, 3.8) is 0 Å². The second kappa shape index (κ2) is 7.96. The average molecular weight is 291 g/mol. The van der Waals surface area contributed by atoms with Gasteiger partial charge in [-0.2, -0.15) is 0 Å². The largest absolute Gasteiger partial charge is 0.396 e. The highest BCUT2D eigenvalue weighted by Crippen LogP contribution is 2.13. The van der Waals surface area contributed by atoms with Crippen molar-refractivity contribution in [2.75, 3.05) is 20.3 Å². The first-order chi connectivity index (χ1) is 9.90. The van der Waals surface area contributed by atoms with E-state index in [-0.39, 0.29) is 12.5 Å². The van der Waals surface area contributed by atoms with Crippen molar-refractivity contribution in [1.29, 1.82) is 0 Å². The smallest absolute Gasteiger partial charge is 0.247 e. The summed E-state index contributed by atoms with van der Waals surface area (Å²) in [5, 5.41) is 12.1. The minimum Gasteiger partial charge on any atom is -0.396 e. The Morgan fingerprint density at radius 3 is 2.52 bits per heavy atom. The average Bonchev–Trinajstić information content (AvgIpc) is 2.41. The maximum absolute atomic E-state index is 12.3. The van der Waals surface area contributed by atoms with Crippen LogP contribution in [-0.2, 0) is 9.53 Å². The van der Waals surface area contributed by atoms with E-state index in [2.05, 4.69) is 5.32 Å². The minimum absolute atomic E-state index is 0.000857. The van der Waals surface area contributed by atoms with Crippen LogP contribution < -0.4 is 5.32 Å². The number of rotatable bonds is 7. The fourth-order valence-electron chi connectivity index (χ4n) is 2.09. The maximum atomic E-state index is 12.3. The summed E-state index contributed by atoms with van der Waals surface area (Å²) in [5.74, 6) is -0.149. The monoisotopic (exact) mass is 291 g/mol. The predicted molar refractivity (Wildman–Crippen MR) is 85.0 cm³/mol. The highest BCUT2D eigenvalue weighted by molar-refractivity contribution is 5.97. The van der Waals surface area contributed by atoms with Crippen molar-refractivity contribution in [3.8, 4) is 0 Å². The molecule has 0 bridgehead atoms. The molecule has 0 saturated carbocycles. The third kappa shape index (κ3) is 5.69. The quantitative estimate of drug-likeness (QED) is 0.758. The molecule has 1 unspecified atom stereocenters. The van der Waals surface area contributed by atoms with Gasteiger partial charge in [0.25, 0.3) is 0 Å². The summed E-state index contributed by atoms with van der Waals surface area (Å²) >= 11 is 0. The number of nitrogens with one attached hydrogen (secondary N) is 1. The molecular formula is C17H25NO3. The first-order valence-corrected chi connectivity index (χ1v) is 7.07. The van der Waals surface area contributed by atoms with Crippen molar-refractivity contribution >= 4 is 12.0 Å². The van der Waals surface area contributed by atoms with Gasteiger partial charge in [0.15, 0.2) is 0 Å². The fourth-order valence-corrected chi connectivity index (χ4v) is 2.09. The number of benzene rings is 1. The van der Waals surface area contributed by atoms with E-state index in [1.165, 1.54) is 5.56 Å². The number of methoxy groups -OCH3 is 1. The summed E-state index contributed by atoms with van der Waals surface area (Å²) in [7, 11) is 1.58. The van der Waals surface area contributed by atoms with Crippen LogP contribution in [0.3, 0.4) is 0 Å². The van der Waals surface area contributed by atoms with E-state index in [0.717, 1.165) is 5.56 Å². The number of aliphatic hydroxyl groups is 1. The normalized spacial score (nSPS) is 14.6. The van der Waals surface area contributed by atoms with E-state index >= 15 is 0 Å². The number of aryl methyl sites for hydroxylation is 1. The molecule has 2 N–H and O–H groups in total. The molecule has 0 spiro atoms. The Morgan fingerprint density at radius 1 is 1.38 bits per heavy atom. The van der Waals surface area contributed by atoms with Gasteiger partial charge in [0, 0.05) is 19.3 Å². The van der Waals surface area contributed by atoms with Gasteiger partial charge >= 0.3 is 0 Å². The summed E-state index contributed by atoms with van der Waals surface area (Å²) in [5.41, 5.74) is 2.23. The van der Waals surface area contributed by atoms with Crippen LogP contribution in [0.5, 0.6) is 0 Å². The van der Waals surface area contributed by atoms with Crippen LogP contribution >= 0.6 is 0 Å². The zero-order valence-corrected chi connectivity index (χ0v) is 13.3. The standard InChI is InChI=1S/C17H25NO3/c1-13-5-7-15(8-6-13)11-14(2)16(20)18-17(3,9-10-19)12-21-4/h5-8,11,19H,9-10,12H2,1-4H3,(H,18,20)/b14-11+. The van der Waals surface area contributed by atoms with Crippen LogP contribution in [0.25, 0.3) is 6.08 Å². The van der Waals surface area contributed by atoms with E-state index in [1.54, 1.807) is 14.0 Å². The highest BCUT2D eigenvalue weighted by atomic mass is 16.5. The zero-order chi connectivity index (χ0) is 15.9. The highest BCUT2D eigenvalue weighted by Gasteiger charge is 2.26. The van der Waals surface area contributed by atoms with Crippen LogP contribution in [0.4, 0.5) is 0 Å². The van der Waals surface area contributed by atoms with Crippen LogP contribution in [0, 0.1) is 6.92 Å². The summed E-state index contributed by atoms with van der Waals surface area (Å²) in [6, 6.07) is 7.98. The molecule has 116 valence electrons. The first kappa shape index (κ1) is 17.4. The third-order valence-corrected chi connectivity index (χ3v) is 3.36. The van der Waals surface area contributed by atoms with Crippen LogP contribution in [0.15, 0.2) is 29.8 Å². The van der Waals surface area contributed by atoms with Crippen LogP contribution in [0.2, 0.25) is 0 Å². The SMILES string of the molecule is COCC(C)(CCO)NC(=O)/C(C)=C/c1ccc(C)cc1. The van der Waals surface area contributed by atoms with Crippen LogP contribution in [-0.4, -0.2) is 36.9 Å². The number of ether oxygens (including phenoxy) is 1. The van der Waals surface area contributed by atoms with Crippen molar-refractivity contribution < 1.29 is 14.6 Å². The molecule has 1 aromatic rings. The Labute approximate surface area is 126 Å². The molecule has 0 saturated heterocycles. The van der Waals surface area contributed by atoms with Crippen molar-refractivity contribution in [1.82, 2.24) is 5.32 Å². The lowest BCUT2D eigenvalue weighted by atomic mass is 9.98. The Morgan fingerprint density at radius 2 is 2.00 bits per heavy atom. The zero-order valence-electron chi connectivity index (χ0n) is 13.3. The molecule has 1 rings (SSSR count). The van der Waals surface area contributed by atoms with Crippen molar-refractivity contribution in [2.45, 2.75) is 32.7 Å². The van der Waals surface area contributed by atoms with Gasteiger partial charge in [0.05, 0.1) is 12.1 Å². The van der Waals surface area contributed by atoms with Crippen molar-refractivity contribution in [3.05, 3.63) is 41.0 Å². The van der Waals surface area contributed by atoms with E-state index in [0.29, 0.717) is 18.6 Å². The molecule has 4 nitrogen and oxygen atoms in total. The Balaban J connectivity index is 2.79. The lowest BCUT2D eigenvalue weighted by Crippen LogP contribution is -2.50. The molecule has 1 aromatic carbocycles. The Bertz CT molecular complexity index is 485.